The van der Waals surface area contributed by atoms with Gasteiger partial charge in [0, 0.05) is 18.0 Å². The van der Waals surface area contributed by atoms with Gasteiger partial charge in [-0.15, -0.1) is 0 Å². The zero-order valence-electron chi connectivity index (χ0n) is 14.9. The number of nitrogen functional groups attached to an aromatic ring is 2. The van der Waals surface area contributed by atoms with Crippen LogP contribution in [-0.2, 0) is 0 Å². The summed E-state index contributed by atoms with van der Waals surface area (Å²) in [6.07, 6.45) is 1.64. The molecule has 0 saturated heterocycles. The van der Waals surface area contributed by atoms with Gasteiger partial charge in [-0.25, -0.2) is 4.98 Å². The van der Waals surface area contributed by atoms with Crippen molar-refractivity contribution in [1.29, 1.82) is 0 Å². The maximum absolute atomic E-state index is 5.91. The van der Waals surface area contributed by atoms with Crippen LogP contribution in [0.1, 0.15) is 0 Å². The number of hydrogen-bond donors (Lipinski definition) is 2. The first-order valence-corrected chi connectivity index (χ1v) is 8.66. The molecule has 0 aliphatic heterocycles. The summed E-state index contributed by atoms with van der Waals surface area (Å²) in [7, 11) is 0. The lowest BCUT2D eigenvalue weighted by molar-refractivity contribution is 0.465. The zero-order chi connectivity index (χ0) is 19.3. The number of ether oxygens (including phenoxy) is 2. The lowest BCUT2D eigenvalue weighted by atomic mass is 10.1. The van der Waals surface area contributed by atoms with E-state index in [9.17, 15) is 0 Å². The summed E-state index contributed by atoms with van der Waals surface area (Å²) in [5.74, 6) is 2.56. The lowest BCUT2D eigenvalue weighted by Gasteiger charge is -2.11. The average molecular weight is 370 g/mol. The molecule has 6 heteroatoms. The van der Waals surface area contributed by atoms with E-state index in [0.717, 1.165) is 17.1 Å². The second-order valence-corrected chi connectivity index (χ2v) is 6.06. The average Bonchev–Trinajstić information content (AvgIpc) is 2.70. The quantitative estimate of drug-likeness (QED) is 0.485. The minimum atomic E-state index is 0.131. The summed E-state index contributed by atoms with van der Waals surface area (Å²) in [4.78, 5) is 8.33. The molecule has 0 saturated carbocycles. The highest BCUT2D eigenvalue weighted by Gasteiger charge is 2.12. The standard InChI is InChI=1S/C22H18N4O2/c23-16-5-4-8-19(13-16)28-21-20(14-25-22(24)26-21)15-9-11-18(12-10-15)27-17-6-2-1-3-7-17/h1-14H,23H2,(H2,24,25,26). The Morgan fingerprint density at radius 1 is 0.679 bits per heavy atom. The summed E-state index contributed by atoms with van der Waals surface area (Å²) < 4.78 is 11.7. The van der Waals surface area contributed by atoms with Gasteiger partial charge >= 0.3 is 0 Å². The van der Waals surface area contributed by atoms with Crippen molar-refractivity contribution in [2.75, 3.05) is 11.5 Å². The van der Waals surface area contributed by atoms with Crippen LogP contribution in [0.5, 0.6) is 23.1 Å². The Kier molecular flexibility index (Phi) is 4.76. The Morgan fingerprint density at radius 2 is 1.39 bits per heavy atom. The van der Waals surface area contributed by atoms with Crippen molar-refractivity contribution in [3.8, 4) is 34.3 Å². The van der Waals surface area contributed by atoms with E-state index in [4.69, 9.17) is 20.9 Å². The van der Waals surface area contributed by atoms with E-state index in [2.05, 4.69) is 9.97 Å². The van der Waals surface area contributed by atoms with E-state index < -0.39 is 0 Å². The Morgan fingerprint density at radius 3 is 2.14 bits per heavy atom. The van der Waals surface area contributed by atoms with E-state index in [1.54, 1.807) is 24.4 Å². The fraction of sp³-hybridized carbons (Fsp3) is 0. The van der Waals surface area contributed by atoms with Crippen LogP contribution in [0, 0.1) is 0 Å². The van der Waals surface area contributed by atoms with Gasteiger partial charge in [0.15, 0.2) is 0 Å². The summed E-state index contributed by atoms with van der Waals surface area (Å²) in [6.45, 7) is 0. The molecule has 3 aromatic carbocycles. The fourth-order valence-corrected chi connectivity index (χ4v) is 2.67. The zero-order valence-corrected chi connectivity index (χ0v) is 14.9. The maximum atomic E-state index is 5.91. The molecule has 138 valence electrons. The first kappa shape index (κ1) is 17.4. The van der Waals surface area contributed by atoms with Gasteiger partial charge < -0.3 is 20.9 Å². The molecule has 0 fully saturated rings. The van der Waals surface area contributed by atoms with Crippen LogP contribution in [0.2, 0.25) is 0 Å². The van der Waals surface area contributed by atoms with Gasteiger partial charge in [-0.3, -0.25) is 0 Å². The molecular weight excluding hydrogens is 352 g/mol. The van der Waals surface area contributed by atoms with Gasteiger partial charge in [-0.2, -0.15) is 4.98 Å². The van der Waals surface area contributed by atoms with Crippen molar-refractivity contribution < 1.29 is 9.47 Å². The number of rotatable bonds is 5. The van der Waals surface area contributed by atoms with Crippen LogP contribution >= 0.6 is 0 Å². The Hall–Kier alpha value is -4.06. The number of hydrogen-bond acceptors (Lipinski definition) is 6. The molecular formula is C22H18N4O2. The molecule has 0 aliphatic rings. The third-order valence-corrected chi connectivity index (χ3v) is 3.99. The Balaban J connectivity index is 1.61. The molecule has 0 bridgehead atoms. The van der Waals surface area contributed by atoms with Crippen LogP contribution in [-0.4, -0.2) is 9.97 Å². The molecule has 0 amide bonds. The molecule has 6 nitrogen and oxygen atoms in total. The lowest BCUT2D eigenvalue weighted by Crippen LogP contribution is -1.99. The molecule has 0 unspecified atom stereocenters. The third-order valence-electron chi connectivity index (χ3n) is 3.99. The van der Waals surface area contributed by atoms with Crippen LogP contribution < -0.4 is 20.9 Å². The summed E-state index contributed by atoms with van der Waals surface area (Å²) >= 11 is 0. The van der Waals surface area contributed by atoms with Gasteiger partial charge in [-0.05, 0) is 42.0 Å². The highest BCUT2D eigenvalue weighted by molar-refractivity contribution is 5.69. The van der Waals surface area contributed by atoms with Crippen molar-refractivity contribution in [3.63, 3.8) is 0 Å². The van der Waals surface area contributed by atoms with Crippen LogP contribution in [0.4, 0.5) is 11.6 Å². The predicted molar refractivity (Wildman–Crippen MR) is 109 cm³/mol. The van der Waals surface area contributed by atoms with Crippen molar-refractivity contribution in [2.24, 2.45) is 0 Å². The van der Waals surface area contributed by atoms with Crippen molar-refractivity contribution >= 4 is 11.6 Å². The van der Waals surface area contributed by atoms with Gasteiger partial charge in [0.2, 0.25) is 11.8 Å². The first-order valence-electron chi connectivity index (χ1n) is 8.66. The van der Waals surface area contributed by atoms with E-state index in [1.807, 2.05) is 60.7 Å². The number of anilines is 2. The van der Waals surface area contributed by atoms with Gasteiger partial charge in [0.25, 0.3) is 0 Å². The van der Waals surface area contributed by atoms with Crippen molar-refractivity contribution in [3.05, 3.63) is 85.1 Å². The van der Waals surface area contributed by atoms with E-state index >= 15 is 0 Å². The van der Waals surface area contributed by atoms with Crippen LogP contribution in [0.25, 0.3) is 11.1 Å². The minimum Gasteiger partial charge on any atom is -0.457 e. The van der Waals surface area contributed by atoms with Gasteiger partial charge in [0.1, 0.15) is 17.2 Å². The molecule has 0 atom stereocenters. The monoisotopic (exact) mass is 370 g/mol. The summed E-state index contributed by atoms with van der Waals surface area (Å²) in [5, 5.41) is 0. The molecule has 0 aliphatic carbocycles. The molecule has 0 spiro atoms. The third kappa shape index (κ3) is 4.02. The second-order valence-electron chi connectivity index (χ2n) is 6.06. The second kappa shape index (κ2) is 7.67. The normalized spacial score (nSPS) is 10.4. The van der Waals surface area contributed by atoms with Crippen LogP contribution in [0.15, 0.2) is 85.1 Å². The Bertz CT molecular complexity index is 1080. The van der Waals surface area contributed by atoms with E-state index in [-0.39, 0.29) is 5.95 Å². The number of benzene rings is 3. The fourth-order valence-electron chi connectivity index (χ4n) is 2.67. The first-order chi connectivity index (χ1) is 13.7. The Labute approximate surface area is 162 Å². The molecule has 1 heterocycles. The topological polar surface area (TPSA) is 96.3 Å². The van der Waals surface area contributed by atoms with E-state index in [0.29, 0.717) is 22.9 Å². The smallest absolute Gasteiger partial charge is 0.231 e. The van der Waals surface area contributed by atoms with E-state index in [1.165, 1.54) is 0 Å². The molecule has 28 heavy (non-hydrogen) atoms. The van der Waals surface area contributed by atoms with Gasteiger partial charge in [0.05, 0.1) is 5.56 Å². The largest absolute Gasteiger partial charge is 0.457 e. The van der Waals surface area contributed by atoms with Crippen molar-refractivity contribution in [1.82, 2.24) is 9.97 Å². The highest BCUT2D eigenvalue weighted by Crippen LogP contribution is 2.33. The van der Waals surface area contributed by atoms with Crippen molar-refractivity contribution in [2.45, 2.75) is 0 Å². The number of para-hydroxylation sites is 1. The predicted octanol–water partition coefficient (Wildman–Crippen LogP) is 4.89. The molecule has 4 aromatic rings. The maximum Gasteiger partial charge on any atom is 0.231 e. The minimum absolute atomic E-state index is 0.131. The SMILES string of the molecule is Nc1cccc(Oc2nc(N)ncc2-c2ccc(Oc3ccccc3)cc2)c1. The number of nitrogens with two attached hydrogens (primary N) is 2. The molecule has 4 rings (SSSR count). The van der Waals surface area contributed by atoms with Crippen LogP contribution in [0.3, 0.4) is 0 Å². The summed E-state index contributed by atoms with van der Waals surface area (Å²) in [6, 6.07) is 24.3. The molecule has 1 aromatic heterocycles. The number of aromatic nitrogens is 2. The molecule has 4 N–H and O–H groups in total. The van der Waals surface area contributed by atoms with Gasteiger partial charge in [-0.1, -0.05) is 36.4 Å². The highest BCUT2D eigenvalue weighted by atomic mass is 16.5. The summed E-state index contributed by atoms with van der Waals surface area (Å²) in [5.41, 5.74) is 13.8. The number of nitrogens with zero attached hydrogens (tertiary/aromatic N) is 2. The molecule has 0 radical (unpaired) electrons.